The van der Waals surface area contributed by atoms with Gasteiger partial charge in [0.05, 0.1) is 20.3 Å². The maximum Gasteiger partial charge on any atom is 0.161 e. The van der Waals surface area contributed by atoms with Gasteiger partial charge in [0.15, 0.2) is 11.5 Å². The van der Waals surface area contributed by atoms with E-state index in [9.17, 15) is 0 Å². The molecule has 2 N–H and O–H groups in total. The minimum absolute atomic E-state index is 0.138. The summed E-state index contributed by atoms with van der Waals surface area (Å²) in [6, 6.07) is 7.64. The third kappa shape index (κ3) is 5.21. The van der Waals surface area contributed by atoms with Crippen LogP contribution in [0.15, 0.2) is 24.3 Å². The first-order chi connectivity index (χ1) is 10.2. The number of rotatable bonds is 7. The third-order valence-corrected chi connectivity index (χ3v) is 4.04. The van der Waals surface area contributed by atoms with Gasteiger partial charge in [0.25, 0.3) is 0 Å². The van der Waals surface area contributed by atoms with Crippen molar-refractivity contribution < 1.29 is 14.2 Å². The first-order valence-electron chi connectivity index (χ1n) is 7.86. The zero-order valence-electron chi connectivity index (χ0n) is 13.0. The van der Waals surface area contributed by atoms with E-state index in [2.05, 4.69) is 0 Å². The highest BCUT2D eigenvalue weighted by Crippen LogP contribution is 2.26. The molecule has 1 aromatic rings. The largest absolute Gasteiger partial charge is 0.493 e. The molecule has 4 heteroatoms. The zero-order valence-corrected chi connectivity index (χ0v) is 13.0. The lowest BCUT2D eigenvalue weighted by atomic mass is 9.93. The van der Waals surface area contributed by atoms with Gasteiger partial charge in [-0.15, -0.1) is 0 Å². The van der Waals surface area contributed by atoms with Crippen LogP contribution in [0.2, 0.25) is 0 Å². The van der Waals surface area contributed by atoms with E-state index < -0.39 is 0 Å². The van der Waals surface area contributed by atoms with Crippen LogP contribution >= 0.6 is 0 Å². The van der Waals surface area contributed by atoms with Crippen LogP contribution < -0.4 is 15.2 Å². The van der Waals surface area contributed by atoms with Crippen LogP contribution in [0.25, 0.3) is 0 Å². The number of ether oxygens (including phenoxy) is 3. The normalized spacial score (nSPS) is 18.0. The molecule has 1 aromatic carbocycles. The number of nitrogens with two attached hydrogens (primary N) is 1. The summed E-state index contributed by atoms with van der Waals surface area (Å²) in [6.45, 7) is 1.69. The van der Waals surface area contributed by atoms with Crippen molar-refractivity contribution in [3.63, 3.8) is 0 Å². The fraction of sp³-hybridized carbons (Fsp3) is 0.647. The zero-order chi connectivity index (χ0) is 15.0. The van der Waals surface area contributed by atoms with E-state index >= 15 is 0 Å². The quantitative estimate of drug-likeness (QED) is 0.620. The first kappa shape index (κ1) is 16.1. The smallest absolute Gasteiger partial charge is 0.161 e. The van der Waals surface area contributed by atoms with E-state index in [4.69, 9.17) is 19.9 Å². The standard InChI is InChI=1S/C17H27NO3/c1-19-15-8-4-5-9-16(15)21-13-12-20-14-17(18)10-6-2-3-7-11-17/h4-5,8-9H,2-3,6-7,10-14,18H2,1H3. The fourth-order valence-corrected chi connectivity index (χ4v) is 2.80. The average molecular weight is 293 g/mol. The van der Waals surface area contributed by atoms with Crippen LogP contribution in [-0.2, 0) is 4.74 Å². The Hall–Kier alpha value is -1.26. The molecule has 0 aromatic heterocycles. The van der Waals surface area contributed by atoms with Crippen molar-refractivity contribution in [3.8, 4) is 11.5 Å². The molecule has 118 valence electrons. The van der Waals surface area contributed by atoms with E-state index in [0.717, 1.165) is 24.3 Å². The van der Waals surface area contributed by atoms with Crippen LogP contribution in [0.3, 0.4) is 0 Å². The van der Waals surface area contributed by atoms with Crippen molar-refractivity contribution in [1.29, 1.82) is 0 Å². The number of hydrogen-bond donors (Lipinski definition) is 1. The molecule has 0 aliphatic heterocycles. The average Bonchev–Trinajstić information content (AvgIpc) is 2.72. The Bertz CT molecular complexity index is 414. The highest BCUT2D eigenvalue weighted by molar-refractivity contribution is 5.39. The lowest BCUT2D eigenvalue weighted by molar-refractivity contribution is 0.0569. The molecule has 0 radical (unpaired) electrons. The van der Waals surface area contributed by atoms with E-state index in [1.54, 1.807) is 7.11 Å². The van der Waals surface area contributed by atoms with Gasteiger partial charge in [0, 0.05) is 5.54 Å². The Kier molecular flexibility index (Phi) is 6.33. The monoisotopic (exact) mass is 293 g/mol. The van der Waals surface area contributed by atoms with E-state index in [-0.39, 0.29) is 5.54 Å². The third-order valence-electron chi connectivity index (χ3n) is 4.04. The van der Waals surface area contributed by atoms with Gasteiger partial charge >= 0.3 is 0 Å². The van der Waals surface area contributed by atoms with Crippen molar-refractivity contribution >= 4 is 0 Å². The lowest BCUT2D eigenvalue weighted by Gasteiger charge is -2.27. The number of benzene rings is 1. The van der Waals surface area contributed by atoms with Crippen molar-refractivity contribution in [2.45, 2.75) is 44.1 Å². The second-order valence-electron chi connectivity index (χ2n) is 5.83. The van der Waals surface area contributed by atoms with Crippen LogP contribution in [-0.4, -0.2) is 32.5 Å². The van der Waals surface area contributed by atoms with Gasteiger partial charge in [-0.3, -0.25) is 0 Å². The van der Waals surface area contributed by atoms with Gasteiger partial charge in [0.1, 0.15) is 6.61 Å². The summed E-state index contributed by atoms with van der Waals surface area (Å²) in [5, 5.41) is 0. The molecule has 4 nitrogen and oxygen atoms in total. The predicted molar refractivity (Wildman–Crippen MR) is 83.9 cm³/mol. The molecule has 0 saturated heterocycles. The van der Waals surface area contributed by atoms with Gasteiger partial charge in [-0.25, -0.2) is 0 Å². The summed E-state index contributed by atoms with van der Waals surface area (Å²) in [5.74, 6) is 1.50. The summed E-state index contributed by atoms with van der Waals surface area (Å²) in [4.78, 5) is 0. The van der Waals surface area contributed by atoms with Crippen LogP contribution in [0, 0.1) is 0 Å². The maximum atomic E-state index is 6.41. The molecule has 1 fully saturated rings. The molecular weight excluding hydrogens is 266 g/mol. The predicted octanol–water partition coefficient (Wildman–Crippen LogP) is 3.14. The SMILES string of the molecule is COc1ccccc1OCCOCC1(N)CCCCCC1. The molecule has 1 saturated carbocycles. The molecule has 0 amide bonds. The molecule has 0 spiro atoms. The van der Waals surface area contributed by atoms with Gasteiger partial charge < -0.3 is 19.9 Å². The fourth-order valence-electron chi connectivity index (χ4n) is 2.80. The second-order valence-corrected chi connectivity index (χ2v) is 5.83. The van der Waals surface area contributed by atoms with Crippen molar-refractivity contribution in [3.05, 3.63) is 24.3 Å². The number of hydrogen-bond acceptors (Lipinski definition) is 4. The highest BCUT2D eigenvalue weighted by atomic mass is 16.5. The molecule has 0 atom stereocenters. The minimum Gasteiger partial charge on any atom is -0.493 e. The summed E-state index contributed by atoms with van der Waals surface area (Å²) in [5.41, 5.74) is 6.27. The molecule has 1 aliphatic carbocycles. The summed E-state index contributed by atoms with van der Waals surface area (Å²) in [6.07, 6.45) is 7.18. The van der Waals surface area contributed by atoms with E-state index in [0.29, 0.717) is 19.8 Å². The van der Waals surface area contributed by atoms with Gasteiger partial charge in [0.2, 0.25) is 0 Å². The number of para-hydroxylation sites is 2. The van der Waals surface area contributed by atoms with Crippen molar-refractivity contribution in [1.82, 2.24) is 0 Å². The molecule has 21 heavy (non-hydrogen) atoms. The first-order valence-corrected chi connectivity index (χ1v) is 7.86. The Morgan fingerprint density at radius 1 is 1.00 bits per heavy atom. The summed E-state index contributed by atoms with van der Waals surface area (Å²) >= 11 is 0. The van der Waals surface area contributed by atoms with E-state index in [1.807, 2.05) is 24.3 Å². The molecule has 0 unspecified atom stereocenters. The van der Waals surface area contributed by atoms with Crippen LogP contribution in [0.4, 0.5) is 0 Å². The van der Waals surface area contributed by atoms with Gasteiger partial charge in [-0.1, -0.05) is 37.8 Å². The van der Waals surface area contributed by atoms with E-state index in [1.165, 1.54) is 25.7 Å². The van der Waals surface area contributed by atoms with Gasteiger partial charge in [-0.05, 0) is 25.0 Å². The second kappa shape index (κ2) is 8.25. The molecule has 0 bridgehead atoms. The Labute approximate surface area is 127 Å². The lowest BCUT2D eigenvalue weighted by Crippen LogP contribution is -2.44. The minimum atomic E-state index is -0.138. The van der Waals surface area contributed by atoms with Crippen LogP contribution in [0.1, 0.15) is 38.5 Å². The topological polar surface area (TPSA) is 53.7 Å². The van der Waals surface area contributed by atoms with Crippen molar-refractivity contribution in [2.24, 2.45) is 5.73 Å². The molecule has 1 aliphatic rings. The highest BCUT2D eigenvalue weighted by Gasteiger charge is 2.26. The Morgan fingerprint density at radius 2 is 1.67 bits per heavy atom. The Morgan fingerprint density at radius 3 is 2.33 bits per heavy atom. The van der Waals surface area contributed by atoms with Gasteiger partial charge in [-0.2, -0.15) is 0 Å². The number of methoxy groups -OCH3 is 1. The Balaban J connectivity index is 1.67. The van der Waals surface area contributed by atoms with Crippen molar-refractivity contribution in [2.75, 3.05) is 26.9 Å². The summed E-state index contributed by atoms with van der Waals surface area (Å²) < 4.78 is 16.7. The summed E-state index contributed by atoms with van der Waals surface area (Å²) in [7, 11) is 1.64. The van der Waals surface area contributed by atoms with Crippen LogP contribution in [0.5, 0.6) is 11.5 Å². The maximum absolute atomic E-state index is 6.41. The molecular formula is C17H27NO3. The molecule has 0 heterocycles. The molecule has 2 rings (SSSR count).